The van der Waals surface area contributed by atoms with Crippen molar-refractivity contribution in [3.8, 4) is 6.07 Å². The van der Waals surface area contributed by atoms with Gasteiger partial charge in [-0.05, 0) is 32.1 Å². The maximum atomic E-state index is 8.43. The van der Waals surface area contributed by atoms with Crippen LogP contribution < -0.4 is 5.43 Å². The van der Waals surface area contributed by atoms with Crippen LogP contribution in [0.2, 0.25) is 0 Å². The van der Waals surface area contributed by atoms with Gasteiger partial charge in [0.05, 0.1) is 18.5 Å². The van der Waals surface area contributed by atoms with Gasteiger partial charge in [0.1, 0.15) is 0 Å². The van der Waals surface area contributed by atoms with Gasteiger partial charge in [-0.15, -0.1) is 0 Å². The molecule has 0 bridgehead atoms. The molecule has 0 amide bonds. The molecule has 13 heavy (non-hydrogen) atoms. The molecule has 0 aromatic rings. The second-order valence-electron chi connectivity index (χ2n) is 3.92. The third kappa shape index (κ3) is 3.45. The quantitative estimate of drug-likeness (QED) is 0.674. The van der Waals surface area contributed by atoms with Gasteiger partial charge in [0.2, 0.25) is 0 Å². The summed E-state index contributed by atoms with van der Waals surface area (Å²) >= 11 is 0. The predicted molar refractivity (Wildman–Crippen MR) is 53.3 cm³/mol. The molecule has 0 spiro atoms. The first kappa shape index (κ1) is 10.0. The minimum Gasteiger partial charge on any atom is -0.306 e. The fraction of sp³-hybridized carbons (Fsp3) is 0.800. The van der Waals surface area contributed by atoms with Crippen molar-refractivity contribution < 1.29 is 0 Å². The van der Waals surface area contributed by atoms with E-state index in [9.17, 15) is 0 Å². The molecule has 1 N–H and O–H groups in total. The molecule has 1 fully saturated rings. The van der Waals surface area contributed by atoms with E-state index in [0.29, 0.717) is 6.42 Å². The Kier molecular flexibility index (Phi) is 3.75. The van der Waals surface area contributed by atoms with Crippen molar-refractivity contribution in [1.82, 2.24) is 5.43 Å². The molecule has 1 aliphatic rings. The summed E-state index contributed by atoms with van der Waals surface area (Å²) in [6, 6.07) is 2.29. The smallest absolute Gasteiger partial charge is 0.0643 e. The first-order valence-electron chi connectivity index (χ1n) is 4.90. The van der Waals surface area contributed by atoms with Crippen LogP contribution in [0.4, 0.5) is 0 Å². The van der Waals surface area contributed by atoms with Crippen LogP contribution in [0.5, 0.6) is 0 Å². The van der Waals surface area contributed by atoms with Crippen LogP contribution in [0.3, 0.4) is 0 Å². The van der Waals surface area contributed by atoms with Crippen molar-refractivity contribution in [2.75, 3.05) is 0 Å². The molecule has 2 unspecified atom stereocenters. The number of hydrazone groups is 1. The predicted octanol–water partition coefficient (Wildman–Crippen LogP) is 2.05. The SMILES string of the molecule is CC1CC/C(=N/NC(C)CC#N)C1. The summed E-state index contributed by atoms with van der Waals surface area (Å²) in [5.41, 5.74) is 4.27. The van der Waals surface area contributed by atoms with Crippen LogP contribution >= 0.6 is 0 Å². The van der Waals surface area contributed by atoms with Crippen LogP contribution in [0, 0.1) is 17.2 Å². The molecule has 1 rings (SSSR count). The van der Waals surface area contributed by atoms with Gasteiger partial charge in [-0.1, -0.05) is 6.92 Å². The highest BCUT2D eigenvalue weighted by atomic mass is 15.3. The molecule has 0 aliphatic heterocycles. The minimum atomic E-state index is 0.174. The summed E-state index contributed by atoms with van der Waals surface area (Å²) in [5.74, 6) is 0.784. The van der Waals surface area contributed by atoms with Gasteiger partial charge in [0.25, 0.3) is 0 Å². The highest BCUT2D eigenvalue weighted by Gasteiger charge is 2.16. The van der Waals surface area contributed by atoms with E-state index in [2.05, 4.69) is 23.5 Å². The van der Waals surface area contributed by atoms with Crippen LogP contribution in [0.15, 0.2) is 5.10 Å². The molecule has 0 aromatic carbocycles. The monoisotopic (exact) mass is 179 g/mol. The number of nitriles is 1. The summed E-state index contributed by atoms with van der Waals surface area (Å²) in [5, 5.41) is 12.7. The Morgan fingerprint density at radius 3 is 3.08 bits per heavy atom. The molecule has 0 aromatic heterocycles. The van der Waals surface area contributed by atoms with E-state index in [1.165, 1.54) is 12.1 Å². The summed E-state index contributed by atoms with van der Waals surface area (Å²) in [6.07, 6.45) is 4.01. The van der Waals surface area contributed by atoms with Crippen LogP contribution in [-0.4, -0.2) is 11.8 Å². The van der Waals surface area contributed by atoms with E-state index in [4.69, 9.17) is 5.26 Å². The standard InChI is InChI=1S/C10H17N3/c1-8-3-4-10(7-8)13-12-9(2)5-6-11/h8-9,12H,3-5,7H2,1-2H3/b13-10-. The van der Waals surface area contributed by atoms with Gasteiger partial charge < -0.3 is 5.43 Å². The van der Waals surface area contributed by atoms with E-state index >= 15 is 0 Å². The van der Waals surface area contributed by atoms with E-state index in [-0.39, 0.29) is 6.04 Å². The van der Waals surface area contributed by atoms with Crippen molar-refractivity contribution in [1.29, 1.82) is 5.26 Å². The van der Waals surface area contributed by atoms with E-state index < -0.39 is 0 Å². The van der Waals surface area contributed by atoms with Crippen molar-refractivity contribution in [3.63, 3.8) is 0 Å². The Labute approximate surface area is 79.8 Å². The second kappa shape index (κ2) is 4.86. The normalized spacial score (nSPS) is 27.2. The number of rotatable bonds is 3. The first-order valence-corrected chi connectivity index (χ1v) is 4.90. The van der Waals surface area contributed by atoms with Crippen LogP contribution in [-0.2, 0) is 0 Å². The lowest BCUT2D eigenvalue weighted by atomic mass is 10.1. The summed E-state index contributed by atoms with van der Waals surface area (Å²) in [7, 11) is 0. The second-order valence-corrected chi connectivity index (χ2v) is 3.92. The Morgan fingerprint density at radius 2 is 2.54 bits per heavy atom. The number of hydrogen-bond donors (Lipinski definition) is 1. The zero-order chi connectivity index (χ0) is 9.68. The Balaban J connectivity index is 2.28. The lowest BCUT2D eigenvalue weighted by Crippen LogP contribution is -2.21. The maximum absolute atomic E-state index is 8.43. The topological polar surface area (TPSA) is 48.2 Å². The average molecular weight is 179 g/mol. The van der Waals surface area contributed by atoms with E-state index in [1.54, 1.807) is 0 Å². The number of nitrogens with zero attached hydrogens (tertiary/aromatic N) is 2. The molecule has 3 nitrogen and oxygen atoms in total. The van der Waals surface area contributed by atoms with Crippen molar-refractivity contribution in [2.24, 2.45) is 11.0 Å². The van der Waals surface area contributed by atoms with Crippen molar-refractivity contribution >= 4 is 5.71 Å². The molecule has 72 valence electrons. The molecule has 0 saturated heterocycles. The molecule has 1 saturated carbocycles. The number of nitrogens with one attached hydrogen (secondary N) is 1. The molecule has 2 atom stereocenters. The zero-order valence-corrected chi connectivity index (χ0v) is 8.38. The Bertz CT molecular complexity index is 227. The zero-order valence-electron chi connectivity index (χ0n) is 8.38. The van der Waals surface area contributed by atoms with Gasteiger partial charge in [-0.2, -0.15) is 10.4 Å². The van der Waals surface area contributed by atoms with E-state index in [1.807, 2.05) is 6.92 Å². The molecule has 0 radical (unpaired) electrons. The average Bonchev–Trinajstić information content (AvgIpc) is 2.49. The van der Waals surface area contributed by atoms with E-state index in [0.717, 1.165) is 18.8 Å². The third-order valence-corrected chi connectivity index (χ3v) is 2.35. The number of hydrogen-bond acceptors (Lipinski definition) is 3. The van der Waals surface area contributed by atoms with Crippen molar-refractivity contribution in [2.45, 2.75) is 45.6 Å². The lowest BCUT2D eigenvalue weighted by Gasteiger charge is -2.06. The van der Waals surface area contributed by atoms with Gasteiger partial charge in [-0.3, -0.25) is 0 Å². The fourth-order valence-electron chi connectivity index (χ4n) is 1.50. The highest BCUT2D eigenvalue weighted by molar-refractivity contribution is 5.86. The largest absolute Gasteiger partial charge is 0.306 e. The van der Waals surface area contributed by atoms with Crippen LogP contribution in [0.25, 0.3) is 0 Å². The van der Waals surface area contributed by atoms with Gasteiger partial charge >= 0.3 is 0 Å². The summed E-state index contributed by atoms with van der Waals surface area (Å²) in [6.45, 7) is 4.23. The first-order chi connectivity index (χ1) is 6.22. The molecular weight excluding hydrogens is 162 g/mol. The molecular formula is C10H17N3. The lowest BCUT2D eigenvalue weighted by molar-refractivity contribution is 0.581. The van der Waals surface area contributed by atoms with Gasteiger partial charge in [0, 0.05) is 5.71 Å². The molecule has 1 aliphatic carbocycles. The van der Waals surface area contributed by atoms with Crippen LogP contribution in [0.1, 0.15) is 39.5 Å². The highest BCUT2D eigenvalue weighted by Crippen LogP contribution is 2.21. The Morgan fingerprint density at radius 1 is 1.77 bits per heavy atom. The van der Waals surface area contributed by atoms with Gasteiger partial charge in [-0.25, -0.2) is 0 Å². The third-order valence-electron chi connectivity index (χ3n) is 2.35. The molecule has 3 heteroatoms. The van der Waals surface area contributed by atoms with Gasteiger partial charge in [0.15, 0.2) is 0 Å². The van der Waals surface area contributed by atoms with Crippen molar-refractivity contribution in [3.05, 3.63) is 0 Å². The molecule has 0 heterocycles. The Hall–Kier alpha value is -1.04. The minimum absolute atomic E-state index is 0.174. The summed E-state index contributed by atoms with van der Waals surface area (Å²) in [4.78, 5) is 0. The fourth-order valence-corrected chi connectivity index (χ4v) is 1.50. The summed E-state index contributed by atoms with van der Waals surface area (Å²) < 4.78 is 0. The maximum Gasteiger partial charge on any atom is 0.0643 e.